The van der Waals surface area contributed by atoms with Crippen molar-refractivity contribution in [2.24, 2.45) is 0 Å². The Bertz CT molecular complexity index is 499. The number of aromatic amines is 1. The Labute approximate surface area is 87.7 Å². The van der Waals surface area contributed by atoms with Crippen LogP contribution < -0.4 is 0 Å². The van der Waals surface area contributed by atoms with Gasteiger partial charge in [0.1, 0.15) is 0 Å². The molecular formula is C12H13NO2. The molecule has 0 spiro atoms. The fraction of sp³-hybridized carbons (Fsp3) is 0.250. The molecule has 0 bridgehead atoms. The number of benzene rings is 1. The number of aromatic nitrogens is 1. The third-order valence-corrected chi connectivity index (χ3v) is 2.53. The Balaban J connectivity index is 2.68. The summed E-state index contributed by atoms with van der Waals surface area (Å²) in [6, 6.07) is 7.75. The van der Waals surface area contributed by atoms with Crippen molar-refractivity contribution in [2.75, 3.05) is 6.61 Å². The Morgan fingerprint density at radius 1 is 1.40 bits per heavy atom. The monoisotopic (exact) mass is 203 g/mol. The van der Waals surface area contributed by atoms with Gasteiger partial charge in [0.05, 0.1) is 5.69 Å². The van der Waals surface area contributed by atoms with Crippen LogP contribution in [0, 0.1) is 0 Å². The van der Waals surface area contributed by atoms with Crippen LogP contribution in [-0.4, -0.2) is 22.5 Å². The Kier molecular flexibility index (Phi) is 2.56. The van der Waals surface area contributed by atoms with Gasteiger partial charge < -0.3 is 10.1 Å². The molecule has 0 atom stereocenters. The molecule has 0 fully saturated rings. The quantitative estimate of drug-likeness (QED) is 0.748. The average Bonchev–Trinajstić information content (AvgIpc) is 2.58. The van der Waals surface area contributed by atoms with Gasteiger partial charge >= 0.3 is 0 Å². The number of nitrogens with one attached hydrogen (secondary N) is 1. The molecule has 0 saturated carbocycles. The molecule has 0 aliphatic heterocycles. The van der Waals surface area contributed by atoms with Gasteiger partial charge in [-0.2, -0.15) is 0 Å². The summed E-state index contributed by atoms with van der Waals surface area (Å²) in [5, 5.41) is 10.0. The Hall–Kier alpha value is -1.61. The first-order valence-corrected chi connectivity index (χ1v) is 4.95. The molecule has 1 aromatic heterocycles. The van der Waals surface area contributed by atoms with Crippen LogP contribution in [0.15, 0.2) is 24.3 Å². The van der Waals surface area contributed by atoms with Gasteiger partial charge in [0.15, 0.2) is 5.78 Å². The summed E-state index contributed by atoms with van der Waals surface area (Å²) in [5.74, 6) is 0.00894. The van der Waals surface area contributed by atoms with E-state index in [-0.39, 0.29) is 12.4 Å². The summed E-state index contributed by atoms with van der Waals surface area (Å²) >= 11 is 0. The molecule has 2 N–H and O–H groups in total. The molecule has 3 heteroatoms. The van der Waals surface area contributed by atoms with E-state index >= 15 is 0 Å². The number of Topliss-reactive ketones (excluding diaryl/α,β-unsaturated/α-hetero) is 1. The van der Waals surface area contributed by atoms with Gasteiger partial charge in [-0.3, -0.25) is 4.79 Å². The third-order valence-electron chi connectivity index (χ3n) is 2.53. The Morgan fingerprint density at radius 2 is 2.13 bits per heavy atom. The van der Waals surface area contributed by atoms with Crippen LogP contribution in [0.4, 0.5) is 0 Å². The van der Waals surface area contributed by atoms with E-state index < -0.39 is 0 Å². The van der Waals surface area contributed by atoms with Gasteiger partial charge in [-0.1, -0.05) is 18.2 Å². The second-order valence-corrected chi connectivity index (χ2v) is 3.55. The van der Waals surface area contributed by atoms with Gasteiger partial charge in [0.25, 0.3) is 0 Å². The number of hydrogen-bond donors (Lipinski definition) is 2. The number of hydrogen-bond acceptors (Lipinski definition) is 2. The summed E-state index contributed by atoms with van der Waals surface area (Å²) in [7, 11) is 0. The standard InChI is InChI=1S/C12H13NO2/c1-8(15)12-10(6-7-14)9-4-2-3-5-11(9)13-12/h2-5,13-14H,6-7H2,1H3. The first-order chi connectivity index (χ1) is 7.24. The summed E-state index contributed by atoms with van der Waals surface area (Å²) in [6.07, 6.45) is 0.513. The highest BCUT2D eigenvalue weighted by Crippen LogP contribution is 2.22. The molecule has 3 nitrogen and oxygen atoms in total. The van der Waals surface area contributed by atoms with Crippen molar-refractivity contribution >= 4 is 16.7 Å². The number of aliphatic hydroxyl groups excluding tert-OH is 1. The van der Waals surface area contributed by atoms with Crippen LogP contribution in [0.5, 0.6) is 0 Å². The number of fused-ring (bicyclic) bond motifs is 1. The average molecular weight is 203 g/mol. The van der Waals surface area contributed by atoms with Gasteiger partial charge in [-0.25, -0.2) is 0 Å². The Morgan fingerprint density at radius 3 is 2.80 bits per heavy atom. The number of carbonyl (C=O) groups is 1. The van der Waals surface area contributed by atoms with Crippen LogP contribution in [-0.2, 0) is 6.42 Å². The normalized spacial score (nSPS) is 10.8. The van der Waals surface area contributed by atoms with Crippen LogP contribution >= 0.6 is 0 Å². The molecular weight excluding hydrogens is 190 g/mol. The van der Waals surface area contributed by atoms with E-state index in [0.29, 0.717) is 12.1 Å². The van der Waals surface area contributed by atoms with E-state index in [4.69, 9.17) is 5.11 Å². The van der Waals surface area contributed by atoms with Gasteiger partial charge in [-0.15, -0.1) is 0 Å². The molecule has 0 radical (unpaired) electrons. The first kappa shape index (κ1) is 9.93. The fourth-order valence-corrected chi connectivity index (χ4v) is 1.87. The van der Waals surface area contributed by atoms with Crippen LogP contribution in [0.1, 0.15) is 23.0 Å². The fourth-order valence-electron chi connectivity index (χ4n) is 1.87. The molecule has 1 heterocycles. The number of aliphatic hydroxyl groups is 1. The molecule has 0 saturated heterocycles. The van der Waals surface area contributed by atoms with Gasteiger partial charge in [0, 0.05) is 24.4 Å². The minimum absolute atomic E-state index is 0.00894. The number of H-pyrrole nitrogens is 1. The van der Waals surface area contributed by atoms with Crippen LogP contribution in [0.3, 0.4) is 0 Å². The maximum atomic E-state index is 11.4. The molecule has 15 heavy (non-hydrogen) atoms. The third kappa shape index (κ3) is 1.66. The lowest BCUT2D eigenvalue weighted by atomic mass is 10.1. The topological polar surface area (TPSA) is 53.1 Å². The molecule has 2 rings (SSSR count). The van der Waals surface area contributed by atoms with E-state index in [1.165, 1.54) is 6.92 Å². The minimum Gasteiger partial charge on any atom is -0.396 e. The van der Waals surface area contributed by atoms with Crippen molar-refractivity contribution in [3.8, 4) is 0 Å². The minimum atomic E-state index is 0.00894. The summed E-state index contributed by atoms with van der Waals surface area (Å²) in [6.45, 7) is 1.59. The van der Waals surface area contributed by atoms with Gasteiger partial charge in [0.2, 0.25) is 0 Å². The molecule has 0 unspecified atom stereocenters. The molecule has 0 amide bonds. The maximum Gasteiger partial charge on any atom is 0.176 e. The van der Waals surface area contributed by atoms with E-state index in [1.807, 2.05) is 24.3 Å². The highest BCUT2D eigenvalue weighted by molar-refractivity contribution is 6.00. The molecule has 0 aliphatic carbocycles. The van der Waals surface area contributed by atoms with Crippen molar-refractivity contribution in [3.05, 3.63) is 35.5 Å². The second kappa shape index (κ2) is 3.87. The van der Waals surface area contributed by atoms with Crippen molar-refractivity contribution < 1.29 is 9.90 Å². The lowest BCUT2D eigenvalue weighted by molar-refractivity contribution is 0.101. The smallest absolute Gasteiger partial charge is 0.176 e. The summed E-state index contributed by atoms with van der Waals surface area (Å²) < 4.78 is 0. The van der Waals surface area contributed by atoms with Gasteiger partial charge in [-0.05, 0) is 18.1 Å². The van der Waals surface area contributed by atoms with Crippen LogP contribution in [0.2, 0.25) is 0 Å². The predicted molar refractivity (Wildman–Crippen MR) is 59.1 cm³/mol. The van der Waals surface area contributed by atoms with Crippen molar-refractivity contribution in [1.82, 2.24) is 4.98 Å². The van der Waals surface area contributed by atoms with E-state index in [2.05, 4.69) is 4.98 Å². The maximum absolute atomic E-state index is 11.4. The van der Waals surface area contributed by atoms with Crippen molar-refractivity contribution in [3.63, 3.8) is 0 Å². The molecule has 0 aliphatic rings. The lowest BCUT2D eigenvalue weighted by Gasteiger charge is -1.98. The SMILES string of the molecule is CC(=O)c1[nH]c2ccccc2c1CCO. The second-order valence-electron chi connectivity index (χ2n) is 3.55. The molecule has 78 valence electrons. The first-order valence-electron chi connectivity index (χ1n) is 4.95. The number of carbonyl (C=O) groups excluding carboxylic acids is 1. The van der Waals surface area contributed by atoms with Crippen molar-refractivity contribution in [1.29, 1.82) is 0 Å². The number of para-hydroxylation sites is 1. The zero-order valence-corrected chi connectivity index (χ0v) is 8.58. The number of rotatable bonds is 3. The van der Waals surface area contributed by atoms with E-state index in [1.54, 1.807) is 0 Å². The zero-order valence-electron chi connectivity index (χ0n) is 8.58. The molecule has 1 aromatic carbocycles. The van der Waals surface area contributed by atoms with E-state index in [0.717, 1.165) is 16.5 Å². The highest BCUT2D eigenvalue weighted by atomic mass is 16.3. The number of ketones is 1. The van der Waals surface area contributed by atoms with Crippen molar-refractivity contribution in [2.45, 2.75) is 13.3 Å². The zero-order chi connectivity index (χ0) is 10.8. The lowest BCUT2D eigenvalue weighted by Crippen LogP contribution is -2.00. The van der Waals surface area contributed by atoms with E-state index in [9.17, 15) is 4.79 Å². The summed E-state index contributed by atoms with van der Waals surface area (Å²) in [4.78, 5) is 14.5. The summed E-state index contributed by atoms with van der Waals surface area (Å²) in [5.41, 5.74) is 2.48. The van der Waals surface area contributed by atoms with Crippen LogP contribution in [0.25, 0.3) is 10.9 Å². The molecule has 2 aromatic rings. The highest BCUT2D eigenvalue weighted by Gasteiger charge is 2.13. The largest absolute Gasteiger partial charge is 0.396 e. The predicted octanol–water partition coefficient (Wildman–Crippen LogP) is 1.91.